The van der Waals surface area contributed by atoms with Gasteiger partial charge in [-0.15, -0.1) is 0 Å². The molecular formula is C13H10ClIN2O. The Morgan fingerprint density at radius 2 is 2.00 bits per heavy atom. The Balaban J connectivity index is 2.19. The van der Waals surface area contributed by atoms with Gasteiger partial charge in [0.25, 0.3) is 5.91 Å². The maximum absolute atomic E-state index is 12.0. The maximum atomic E-state index is 12.0. The largest absolute Gasteiger partial charge is 0.398 e. The Kier molecular flexibility index (Phi) is 4.08. The van der Waals surface area contributed by atoms with Crippen molar-refractivity contribution in [2.45, 2.75) is 0 Å². The summed E-state index contributed by atoms with van der Waals surface area (Å²) in [6.07, 6.45) is 0. The third-order valence-electron chi connectivity index (χ3n) is 2.34. The Hall–Kier alpha value is -1.27. The molecule has 0 spiro atoms. The van der Waals surface area contributed by atoms with E-state index in [1.54, 1.807) is 18.2 Å². The minimum absolute atomic E-state index is 0.208. The van der Waals surface area contributed by atoms with Gasteiger partial charge in [-0.3, -0.25) is 4.79 Å². The maximum Gasteiger partial charge on any atom is 0.255 e. The minimum atomic E-state index is -0.208. The van der Waals surface area contributed by atoms with Gasteiger partial charge in [-0.2, -0.15) is 0 Å². The van der Waals surface area contributed by atoms with E-state index in [0.717, 1.165) is 9.26 Å². The summed E-state index contributed by atoms with van der Waals surface area (Å²) in [5, 5.41) is 3.25. The molecule has 0 heterocycles. The summed E-state index contributed by atoms with van der Waals surface area (Å²) in [7, 11) is 0. The number of hydrogen-bond donors (Lipinski definition) is 2. The number of halogens is 2. The Labute approximate surface area is 123 Å². The lowest BCUT2D eigenvalue weighted by atomic mass is 10.2. The lowest BCUT2D eigenvalue weighted by Crippen LogP contribution is -2.12. The summed E-state index contributed by atoms with van der Waals surface area (Å²) >= 11 is 8.00. The van der Waals surface area contributed by atoms with E-state index < -0.39 is 0 Å². The van der Waals surface area contributed by atoms with Crippen molar-refractivity contribution >= 4 is 51.5 Å². The zero-order valence-corrected chi connectivity index (χ0v) is 12.2. The smallest absolute Gasteiger partial charge is 0.255 e. The second-order valence-corrected chi connectivity index (χ2v) is 5.35. The molecular weight excluding hydrogens is 363 g/mol. The van der Waals surface area contributed by atoms with Crippen LogP contribution in [-0.2, 0) is 0 Å². The van der Waals surface area contributed by atoms with Gasteiger partial charge in [-0.05, 0) is 59.0 Å². The molecule has 2 rings (SSSR count). The third-order valence-corrected chi connectivity index (χ3v) is 3.36. The number of nitrogen functional groups attached to an aromatic ring is 1. The predicted octanol–water partition coefficient (Wildman–Crippen LogP) is 3.78. The average Bonchev–Trinajstić information content (AvgIpc) is 2.32. The zero-order chi connectivity index (χ0) is 13.1. The lowest BCUT2D eigenvalue weighted by Gasteiger charge is -2.06. The van der Waals surface area contributed by atoms with Crippen LogP contribution in [0.3, 0.4) is 0 Å². The summed E-state index contributed by atoms with van der Waals surface area (Å²) in [4.78, 5) is 12.0. The van der Waals surface area contributed by atoms with Gasteiger partial charge in [0, 0.05) is 14.8 Å². The molecule has 0 aromatic heterocycles. The molecule has 18 heavy (non-hydrogen) atoms. The summed E-state index contributed by atoms with van der Waals surface area (Å²) in [6, 6.07) is 12.4. The van der Waals surface area contributed by atoms with Gasteiger partial charge >= 0.3 is 0 Å². The summed E-state index contributed by atoms with van der Waals surface area (Å²) in [5.74, 6) is -0.208. The topological polar surface area (TPSA) is 55.1 Å². The standard InChI is InChI=1S/C13H10ClIN2O/c14-11-5-4-8(6-12(11)16)13(18)17-10-3-1-2-9(15)7-10/h1-7H,16H2,(H,17,18). The summed E-state index contributed by atoms with van der Waals surface area (Å²) in [6.45, 7) is 0. The van der Waals surface area contributed by atoms with Crippen molar-refractivity contribution in [3.63, 3.8) is 0 Å². The summed E-state index contributed by atoms with van der Waals surface area (Å²) < 4.78 is 1.06. The van der Waals surface area contributed by atoms with Gasteiger partial charge in [0.2, 0.25) is 0 Å². The van der Waals surface area contributed by atoms with Crippen LogP contribution in [0.1, 0.15) is 10.4 Å². The number of nitrogens with one attached hydrogen (secondary N) is 1. The number of carbonyl (C=O) groups is 1. The van der Waals surface area contributed by atoms with Crippen LogP contribution in [0.2, 0.25) is 5.02 Å². The molecule has 2 aromatic carbocycles. The molecule has 0 fully saturated rings. The highest BCUT2D eigenvalue weighted by atomic mass is 127. The van der Waals surface area contributed by atoms with E-state index in [4.69, 9.17) is 17.3 Å². The molecule has 1 amide bonds. The molecule has 0 atom stereocenters. The van der Waals surface area contributed by atoms with Crippen molar-refractivity contribution in [2.24, 2.45) is 0 Å². The molecule has 2 aromatic rings. The van der Waals surface area contributed by atoms with Gasteiger partial charge in [0.05, 0.1) is 10.7 Å². The van der Waals surface area contributed by atoms with Crippen molar-refractivity contribution in [3.8, 4) is 0 Å². The van der Waals surface area contributed by atoms with Gasteiger partial charge in [0.1, 0.15) is 0 Å². The predicted molar refractivity (Wildman–Crippen MR) is 83.0 cm³/mol. The van der Waals surface area contributed by atoms with Gasteiger partial charge in [-0.25, -0.2) is 0 Å². The second-order valence-electron chi connectivity index (χ2n) is 3.70. The van der Waals surface area contributed by atoms with Gasteiger partial charge < -0.3 is 11.1 Å². The Bertz CT molecular complexity index is 601. The Morgan fingerprint density at radius 1 is 1.22 bits per heavy atom. The molecule has 0 aliphatic rings. The van der Waals surface area contributed by atoms with Crippen LogP contribution in [-0.4, -0.2) is 5.91 Å². The number of anilines is 2. The van der Waals surface area contributed by atoms with E-state index in [1.807, 2.05) is 24.3 Å². The monoisotopic (exact) mass is 372 g/mol. The first kappa shape index (κ1) is 13.2. The first-order valence-corrected chi connectivity index (χ1v) is 6.64. The number of carbonyl (C=O) groups excluding carboxylic acids is 1. The van der Waals surface area contributed by atoms with Crippen LogP contribution in [0.15, 0.2) is 42.5 Å². The molecule has 0 aliphatic heterocycles. The van der Waals surface area contributed by atoms with Crippen LogP contribution in [0.4, 0.5) is 11.4 Å². The molecule has 0 unspecified atom stereocenters. The second kappa shape index (κ2) is 5.58. The molecule has 5 heteroatoms. The lowest BCUT2D eigenvalue weighted by molar-refractivity contribution is 0.102. The quantitative estimate of drug-likeness (QED) is 0.623. The van der Waals surface area contributed by atoms with E-state index in [1.165, 1.54) is 0 Å². The fourth-order valence-corrected chi connectivity index (χ4v) is 2.12. The van der Waals surface area contributed by atoms with Crippen LogP contribution in [0.25, 0.3) is 0 Å². The highest BCUT2D eigenvalue weighted by molar-refractivity contribution is 14.1. The highest BCUT2D eigenvalue weighted by Crippen LogP contribution is 2.20. The van der Waals surface area contributed by atoms with E-state index >= 15 is 0 Å². The molecule has 3 nitrogen and oxygen atoms in total. The normalized spacial score (nSPS) is 10.1. The fourth-order valence-electron chi connectivity index (χ4n) is 1.45. The molecule has 0 saturated carbocycles. The van der Waals surface area contributed by atoms with Crippen molar-refractivity contribution in [1.82, 2.24) is 0 Å². The van der Waals surface area contributed by atoms with E-state index in [-0.39, 0.29) is 5.91 Å². The number of nitrogens with two attached hydrogens (primary N) is 1. The van der Waals surface area contributed by atoms with E-state index in [9.17, 15) is 4.79 Å². The molecule has 0 saturated heterocycles. The zero-order valence-electron chi connectivity index (χ0n) is 9.28. The van der Waals surface area contributed by atoms with Crippen molar-refractivity contribution < 1.29 is 4.79 Å². The first-order chi connectivity index (χ1) is 8.56. The van der Waals surface area contributed by atoms with Gasteiger partial charge in [0.15, 0.2) is 0 Å². The minimum Gasteiger partial charge on any atom is -0.398 e. The average molecular weight is 373 g/mol. The SMILES string of the molecule is Nc1cc(C(=O)Nc2cccc(I)c2)ccc1Cl. The molecule has 0 bridgehead atoms. The molecule has 92 valence electrons. The van der Waals surface area contributed by atoms with Crippen LogP contribution in [0, 0.1) is 3.57 Å². The number of benzene rings is 2. The van der Waals surface area contributed by atoms with Crippen molar-refractivity contribution in [1.29, 1.82) is 0 Å². The van der Waals surface area contributed by atoms with Crippen molar-refractivity contribution in [2.75, 3.05) is 11.1 Å². The van der Waals surface area contributed by atoms with Gasteiger partial charge in [-0.1, -0.05) is 17.7 Å². The molecule has 0 aliphatic carbocycles. The first-order valence-electron chi connectivity index (χ1n) is 5.18. The summed E-state index contributed by atoms with van der Waals surface area (Å²) in [5.41, 5.74) is 7.29. The molecule has 0 radical (unpaired) electrons. The Morgan fingerprint density at radius 3 is 2.67 bits per heavy atom. The third kappa shape index (κ3) is 3.14. The number of amides is 1. The number of rotatable bonds is 2. The van der Waals surface area contributed by atoms with E-state index in [0.29, 0.717) is 16.3 Å². The van der Waals surface area contributed by atoms with Crippen LogP contribution < -0.4 is 11.1 Å². The van der Waals surface area contributed by atoms with E-state index in [2.05, 4.69) is 27.9 Å². The number of hydrogen-bond acceptors (Lipinski definition) is 2. The highest BCUT2D eigenvalue weighted by Gasteiger charge is 2.08. The van der Waals surface area contributed by atoms with Crippen molar-refractivity contribution in [3.05, 3.63) is 56.6 Å². The molecule has 3 N–H and O–H groups in total. The fraction of sp³-hybridized carbons (Fsp3) is 0. The van der Waals surface area contributed by atoms with Crippen LogP contribution >= 0.6 is 34.2 Å². The van der Waals surface area contributed by atoms with Crippen LogP contribution in [0.5, 0.6) is 0 Å².